The molecule has 1 aromatic heterocycles. The molecule has 2 atom stereocenters. The fraction of sp³-hybridized carbons (Fsp3) is 0.300. The highest BCUT2D eigenvalue weighted by molar-refractivity contribution is 5.89. The number of rotatable bonds is 4. The number of anilines is 2. The molecule has 0 aliphatic carbocycles. The highest BCUT2D eigenvalue weighted by atomic mass is 16.4. The third kappa shape index (κ3) is 3.73. The van der Waals surface area contributed by atoms with E-state index in [1.165, 1.54) is 5.56 Å². The zero-order chi connectivity index (χ0) is 18.8. The van der Waals surface area contributed by atoms with Crippen LogP contribution < -0.4 is 16.4 Å². The van der Waals surface area contributed by atoms with Gasteiger partial charge >= 0.3 is 6.09 Å². The van der Waals surface area contributed by atoms with Gasteiger partial charge in [-0.05, 0) is 61.2 Å². The van der Waals surface area contributed by atoms with E-state index in [-0.39, 0.29) is 6.04 Å². The monoisotopic (exact) mass is 365 g/mol. The molecule has 1 fully saturated rings. The van der Waals surface area contributed by atoms with Crippen molar-refractivity contribution in [1.29, 1.82) is 0 Å². The van der Waals surface area contributed by atoms with Crippen LogP contribution >= 0.6 is 0 Å². The first-order valence-corrected chi connectivity index (χ1v) is 9.13. The molecule has 0 radical (unpaired) electrons. The van der Waals surface area contributed by atoms with Gasteiger partial charge in [0.15, 0.2) is 0 Å². The quantitative estimate of drug-likeness (QED) is 0.530. The van der Waals surface area contributed by atoms with E-state index < -0.39 is 6.09 Å². The number of nitrogens with one attached hydrogen (secondary N) is 2. The number of benzene rings is 2. The van der Waals surface area contributed by atoms with Crippen LogP contribution in [-0.2, 0) is 6.42 Å². The van der Waals surface area contributed by atoms with Crippen molar-refractivity contribution in [2.75, 3.05) is 24.1 Å². The predicted octanol–water partition coefficient (Wildman–Crippen LogP) is 2.78. The minimum absolute atomic E-state index is 0.284. The minimum atomic E-state index is -1.08. The summed E-state index contributed by atoms with van der Waals surface area (Å²) in [5, 5.41) is 21.0. The Hall–Kier alpha value is -3.06. The molecule has 7 heteroatoms. The molecule has 140 valence electrons. The first-order chi connectivity index (χ1) is 13.1. The summed E-state index contributed by atoms with van der Waals surface area (Å²) in [4.78, 5) is 11.2. The maximum atomic E-state index is 11.2. The summed E-state index contributed by atoms with van der Waals surface area (Å²) in [6, 6.07) is 14.0. The molecule has 3 aromatic rings. The third-order valence-electron chi connectivity index (χ3n) is 5.18. The number of nitrogens with zero attached hydrogens (tertiary/aromatic N) is 2. The topological polar surface area (TPSA) is 105 Å². The molecule has 2 unspecified atom stereocenters. The summed E-state index contributed by atoms with van der Waals surface area (Å²) in [6.07, 6.45) is 2.57. The van der Waals surface area contributed by atoms with E-state index in [0.717, 1.165) is 47.4 Å². The van der Waals surface area contributed by atoms with E-state index in [4.69, 9.17) is 10.8 Å². The average Bonchev–Trinajstić information content (AvgIpc) is 3.07. The number of nitrogens with two attached hydrogens (primary N) is 1. The number of piperidine rings is 1. The van der Waals surface area contributed by atoms with Crippen molar-refractivity contribution in [3.8, 4) is 0 Å². The molecule has 2 aromatic carbocycles. The van der Waals surface area contributed by atoms with Crippen molar-refractivity contribution in [3.05, 3.63) is 54.2 Å². The van der Waals surface area contributed by atoms with Gasteiger partial charge in [-0.1, -0.05) is 12.1 Å². The van der Waals surface area contributed by atoms with Gasteiger partial charge in [0.2, 0.25) is 0 Å². The summed E-state index contributed by atoms with van der Waals surface area (Å²) in [5.74, 6) is 0.491. The zero-order valence-electron chi connectivity index (χ0n) is 14.9. The Morgan fingerprint density at radius 2 is 2.22 bits per heavy atom. The molecule has 5 N–H and O–H groups in total. The Morgan fingerprint density at radius 1 is 1.33 bits per heavy atom. The molecule has 1 aliphatic rings. The Kier molecular flexibility index (Phi) is 4.68. The van der Waals surface area contributed by atoms with Gasteiger partial charge in [0, 0.05) is 29.3 Å². The molecule has 2 heterocycles. The van der Waals surface area contributed by atoms with E-state index >= 15 is 0 Å². The van der Waals surface area contributed by atoms with Gasteiger partial charge in [0.1, 0.15) is 0 Å². The maximum Gasteiger partial charge on any atom is 0.432 e. The third-order valence-corrected chi connectivity index (χ3v) is 5.18. The molecule has 27 heavy (non-hydrogen) atoms. The van der Waals surface area contributed by atoms with Crippen LogP contribution in [0.4, 0.5) is 16.2 Å². The lowest BCUT2D eigenvalue weighted by molar-refractivity contribution is 0.194. The Balaban J connectivity index is 1.52. The normalized spacial score (nSPS) is 19.9. The van der Waals surface area contributed by atoms with Gasteiger partial charge in [0.25, 0.3) is 0 Å². The molecular weight excluding hydrogens is 342 g/mol. The fourth-order valence-electron chi connectivity index (χ4n) is 3.84. The van der Waals surface area contributed by atoms with Crippen LogP contribution in [0.25, 0.3) is 10.9 Å². The van der Waals surface area contributed by atoms with Crippen molar-refractivity contribution in [2.24, 2.45) is 5.92 Å². The second kappa shape index (κ2) is 7.28. The number of carbonyl (C=O) groups is 1. The van der Waals surface area contributed by atoms with Gasteiger partial charge in [-0.2, -0.15) is 9.78 Å². The highest BCUT2D eigenvalue weighted by Crippen LogP contribution is 2.25. The summed E-state index contributed by atoms with van der Waals surface area (Å²) >= 11 is 0. The Labute approximate surface area is 157 Å². The lowest BCUT2D eigenvalue weighted by Gasteiger charge is -2.33. The van der Waals surface area contributed by atoms with Crippen molar-refractivity contribution in [1.82, 2.24) is 15.1 Å². The highest BCUT2D eigenvalue weighted by Gasteiger charge is 2.25. The summed E-state index contributed by atoms with van der Waals surface area (Å²) in [7, 11) is 0. The second-order valence-electron chi connectivity index (χ2n) is 7.07. The molecule has 0 amide bonds. The maximum absolute atomic E-state index is 11.2. The van der Waals surface area contributed by atoms with Crippen molar-refractivity contribution in [2.45, 2.75) is 18.9 Å². The van der Waals surface area contributed by atoms with Gasteiger partial charge in [-0.25, -0.2) is 4.79 Å². The Morgan fingerprint density at radius 3 is 3.04 bits per heavy atom. The molecule has 4 rings (SSSR count). The minimum Gasteiger partial charge on any atom is -0.463 e. The fourth-order valence-corrected chi connectivity index (χ4v) is 3.84. The van der Waals surface area contributed by atoms with Crippen molar-refractivity contribution in [3.63, 3.8) is 0 Å². The smallest absolute Gasteiger partial charge is 0.432 e. The molecule has 0 spiro atoms. The van der Waals surface area contributed by atoms with E-state index in [9.17, 15) is 4.79 Å². The SMILES string of the molecule is Nc1cccc(CC2CCNCC2Nc2ccc3c(cnn3C(=O)O)c2)c1. The molecule has 0 saturated carbocycles. The van der Waals surface area contributed by atoms with Crippen LogP contribution in [0, 0.1) is 5.92 Å². The van der Waals surface area contributed by atoms with Gasteiger partial charge < -0.3 is 21.5 Å². The molecular formula is C20H23N5O2. The van der Waals surface area contributed by atoms with Gasteiger partial charge in [0.05, 0.1) is 11.7 Å². The van der Waals surface area contributed by atoms with E-state index in [1.54, 1.807) is 12.3 Å². The average molecular weight is 365 g/mol. The van der Waals surface area contributed by atoms with E-state index in [0.29, 0.717) is 11.4 Å². The predicted molar refractivity (Wildman–Crippen MR) is 106 cm³/mol. The standard InChI is InChI=1S/C20H23N5O2/c21-16-3-1-2-13(9-16)8-14-6-7-22-12-18(14)24-17-4-5-19-15(10-17)11-23-25(19)20(26)27/h1-5,9-11,14,18,22,24H,6-8,12,21H2,(H,26,27). The number of fused-ring (bicyclic) bond motifs is 1. The lowest BCUT2D eigenvalue weighted by Crippen LogP contribution is -2.45. The first-order valence-electron chi connectivity index (χ1n) is 9.13. The number of carboxylic acid groups (broad SMARTS) is 1. The van der Waals surface area contributed by atoms with Crippen LogP contribution in [0.2, 0.25) is 0 Å². The van der Waals surface area contributed by atoms with Crippen molar-refractivity contribution < 1.29 is 9.90 Å². The molecule has 1 saturated heterocycles. The molecule has 7 nitrogen and oxygen atoms in total. The van der Waals surface area contributed by atoms with Crippen LogP contribution in [0.15, 0.2) is 48.7 Å². The number of aromatic nitrogens is 2. The summed E-state index contributed by atoms with van der Waals surface area (Å²) < 4.78 is 0.990. The van der Waals surface area contributed by atoms with Crippen LogP contribution in [-0.4, -0.2) is 40.1 Å². The van der Waals surface area contributed by atoms with Crippen LogP contribution in [0.1, 0.15) is 12.0 Å². The molecule has 0 bridgehead atoms. The van der Waals surface area contributed by atoms with Crippen LogP contribution in [0.3, 0.4) is 0 Å². The van der Waals surface area contributed by atoms with E-state index in [1.807, 2.05) is 30.3 Å². The van der Waals surface area contributed by atoms with Gasteiger partial charge in [-0.3, -0.25) is 0 Å². The number of hydrogen-bond acceptors (Lipinski definition) is 5. The summed E-state index contributed by atoms with van der Waals surface area (Å²) in [6.45, 7) is 1.90. The zero-order valence-corrected chi connectivity index (χ0v) is 14.9. The van der Waals surface area contributed by atoms with E-state index in [2.05, 4.69) is 21.8 Å². The number of hydrogen-bond donors (Lipinski definition) is 4. The first kappa shape index (κ1) is 17.4. The second-order valence-corrected chi connectivity index (χ2v) is 7.07. The number of nitrogen functional groups attached to an aromatic ring is 1. The summed E-state index contributed by atoms with van der Waals surface area (Å²) in [5.41, 5.74) is 9.53. The Bertz CT molecular complexity index is 968. The largest absolute Gasteiger partial charge is 0.463 e. The molecule has 1 aliphatic heterocycles. The van der Waals surface area contributed by atoms with Crippen LogP contribution in [0.5, 0.6) is 0 Å². The lowest BCUT2D eigenvalue weighted by atomic mass is 9.86. The van der Waals surface area contributed by atoms with Gasteiger partial charge in [-0.15, -0.1) is 0 Å². The van der Waals surface area contributed by atoms with Crippen molar-refractivity contribution >= 4 is 28.4 Å².